The Labute approximate surface area is 120 Å². The molecule has 0 spiro atoms. The summed E-state index contributed by atoms with van der Waals surface area (Å²) in [4.78, 5) is 12.6. The van der Waals surface area contributed by atoms with E-state index in [4.69, 9.17) is 9.47 Å². The molecule has 1 aromatic carbocycles. The Balaban J connectivity index is 2.13. The smallest absolute Gasteiger partial charge is 0.320 e. The highest BCUT2D eigenvalue weighted by atomic mass is 19.1. The zero-order valence-electron chi connectivity index (χ0n) is 11.5. The molecule has 2 aromatic heterocycles. The zero-order chi connectivity index (χ0) is 14.8. The quantitative estimate of drug-likeness (QED) is 0.740. The predicted octanol–water partition coefficient (Wildman–Crippen LogP) is 2.85. The molecule has 106 valence electrons. The van der Waals surface area contributed by atoms with Crippen LogP contribution in [0.2, 0.25) is 0 Å². The van der Waals surface area contributed by atoms with Crippen molar-refractivity contribution in [2.75, 3.05) is 14.2 Å². The number of halogens is 1. The SMILES string of the molecule is COc1cc(-c2cnc3cc(F)ccc3c2)nc(OC)n1. The average Bonchev–Trinajstić information content (AvgIpc) is 2.53. The lowest BCUT2D eigenvalue weighted by atomic mass is 10.1. The molecule has 0 unspecified atom stereocenters. The lowest BCUT2D eigenvalue weighted by Gasteiger charge is -2.07. The average molecular weight is 285 g/mol. The highest BCUT2D eigenvalue weighted by Crippen LogP contribution is 2.25. The van der Waals surface area contributed by atoms with Gasteiger partial charge >= 0.3 is 6.01 Å². The summed E-state index contributed by atoms with van der Waals surface area (Å²) < 4.78 is 23.3. The molecular weight excluding hydrogens is 273 g/mol. The second-order valence-corrected chi connectivity index (χ2v) is 4.34. The first-order chi connectivity index (χ1) is 10.2. The summed E-state index contributed by atoms with van der Waals surface area (Å²) in [5.74, 6) is 0.0872. The van der Waals surface area contributed by atoms with Crippen LogP contribution in [-0.4, -0.2) is 29.2 Å². The number of pyridine rings is 1. The van der Waals surface area contributed by atoms with Gasteiger partial charge in [0.2, 0.25) is 5.88 Å². The van der Waals surface area contributed by atoms with Gasteiger partial charge in [0.05, 0.1) is 25.4 Å². The van der Waals surface area contributed by atoms with Gasteiger partial charge in [-0.15, -0.1) is 0 Å². The van der Waals surface area contributed by atoms with Gasteiger partial charge in [-0.25, -0.2) is 4.39 Å². The molecule has 0 N–H and O–H groups in total. The van der Waals surface area contributed by atoms with Crippen molar-refractivity contribution in [2.45, 2.75) is 0 Å². The van der Waals surface area contributed by atoms with Crippen molar-refractivity contribution in [2.24, 2.45) is 0 Å². The first-order valence-corrected chi connectivity index (χ1v) is 6.22. The van der Waals surface area contributed by atoms with Crippen LogP contribution >= 0.6 is 0 Å². The van der Waals surface area contributed by atoms with Crippen LogP contribution in [-0.2, 0) is 0 Å². The van der Waals surface area contributed by atoms with E-state index in [-0.39, 0.29) is 11.8 Å². The second kappa shape index (κ2) is 5.32. The van der Waals surface area contributed by atoms with Crippen LogP contribution in [0.3, 0.4) is 0 Å². The molecule has 0 amide bonds. The van der Waals surface area contributed by atoms with Crippen molar-refractivity contribution in [1.29, 1.82) is 0 Å². The van der Waals surface area contributed by atoms with Crippen LogP contribution in [0.25, 0.3) is 22.2 Å². The molecule has 0 bridgehead atoms. The van der Waals surface area contributed by atoms with E-state index in [2.05, 4.69) is 15.0 Å². The number of rotatable bonds is 3. The fourth-order valence-electron chi connectivity index (χ4n) is 1.98. The van der Waals surface area contributed by atoms with Crippen molar-refractivity contribution >= 4 is 10.9 Å². The van der Waals surface area contributed by atoms with Gasteiger partial charge in [-0.2, -0.15) is 9.97 Å². The molecule has 2 heterocycles. The van der Waals surface area contributed by atoms with Crippen molar-refractivity contribution in [3.05, 3.63) is 42.3 Å². The summed E-state index contributed by atoms with van der Waals surface area (Å²) in [6, 6.07) is 8.24. The zero-order valence-corrected chi connectivity index (χ0v) is 11.5. The van der Waals surface area contributed by atoms with Gasteiger partial charge in [-0.05, 0) is 18.2 Å². The molecule has 0 saturated carbocycles. The largest absolute Gasteiger partial charge is 0.481 e. The Bertz CT molecular complexity index is 786. The van der Waals surface area contributed by atoms with E-state index in [9.17, 15) is 4.39 Å². The summed E-state index contributed by atoms with van der Waals surface area (Å²) >= 11 is 0. The van der Waals surface area contributed by atoms with E-state index in [1.165, 1.54) is 26.4 Å². The van der Waals surface area contributed by atoms with Crippen LogP contribution in [0.5, 0.6) is 11.9 Å². The number of hydrogen-bond donors (Lipinski definition) is 0. The summed E-state index contributed by atoms with van der Waals surface area (Å²) in [6.45, 7) is 0. The summed E-state index contributed by atoms with van der Waals surface area (Å²) in [7, 11) is 3.01. The molecular formula is C15H12FN3O2. The number of methoxy groups -OCH3 is 2. The number of hydrogen-bond acceptors (Lipinski definition) is 5. The molecule has 0 aliphatic carbocycles. The molecule has 5 nitrogen and oxygen atoms in total. The first-order valence-electron chi connectivity index (χ1n) is 6.22. The maximum atomic E-state index is 13.2. The number of ether oxygens (including phenoxy) is 2. The Hall–Kier alpha value is -2.76. The Morgan fingerprint density at radius 3 is 2.62 bits per heavy atom. The molecule has 0 fully saturated rings. The van der Waals surface area contributed by atoms with Gasteiger partial charge in [-0.3, -0.25) is 4.98 Å². The van der Waals surface area contributed by atoms with Crippen molar-refractivity contribution in [3.8, 4) is 23.1 Å². The molecule has 0 aliphatic rings. The van der Waals surface area contributed by atoms with Gasteiger partial charge in [0.1, 0.15) is 5.82 Å². The maximum absolute atomic E-state index is 13.2. The highest BCUT2D eigenvalue weighted by molar-refractivity contribution is 5.83. The Morgan fingerprint density at radius 1 is 1.00 bits per heavy atom. The first kappa shape index (κ1) is 13.2. The summed E-state index contributed by atoms with van der Waals surface area (Å²) in [5.41, 5.74) is 1.98. The topological polar surface area (TPSA) is 57.1 Å². The van der Waals surface area contributed by atoms with Gasteiger partial charge in [-0.1, -0.05) is 0 Å². The van der Waals surface area contributed by atoms with Crippen molar-refractivity contribution in [1.82, 2.24) is 15.0 Å². The monoisotopic (exact) mass is 285 g/mol. The molecule has 21 heavy (non-hydrogen) atoms. The fourth-order valence-corrected chi connectivity index (χ4v) is 1.98. The van der Waals surface area contributed by atoms with Gasteiger partial charge < -0.3 is 9.47 Å². The molecule has 6 heteroatoms. The van der Waals surface area contributed by atoms with E-state index >= 15 is 0 Å². The van der Waals surface area contributed by atoms with Gasteiger partial charge in [0, 0.05) is 29.3 Å². The molecule has 3 rings (SSSR count). The molecule has 3 aromatic rings. The van der Waals surface area contributed by atoms with Gasteiger partial charge in [0.15, 0.2) is 0 Å². The van der Waals surface area contributed by atoms with Crippen molar-refractivity contribution < 1.29 is 13.9 Å². The second-order valence-electron chi connectivity index (χ2n) is 4.34. The van der Waals surface area contributed by atoms with E-state index in [0.29, 0.717) is 17.1 Å². The minimum atomic E-state index is -0.312. The maximum Gasteiger partial charge on any atom is 0.320 e. The molecule has 0 atom stereocenters. The lowest BCUT2D eigenvalue weighted by molar-refractivity contribution is 0.353. The van der Waals surface area contributed by atoms with Crippen LogP contribution in [0.15, 0.2) is 36.5 Å². The predicted molar refractivity (Wildman–Crippen MR) is 75.8 cm³/mol. The standard InChI is InChI=1S/C15H12FN3O2/c1-20-14-7-13(18-15(19-14)21-2)10-5-9-3-4-11(16)6-12(9)17-8-10/h3-8H,1-2H3. The molecule has 0 radical (unpaired) electrons. The summed E-state index contributed by atoms with van der Waals surface area (Å²) in [6.07, 6.45) is 1.63. The van der Waals surface area contributed by atoms with E-state index in [1.807, 2.05) is 6.07 Å². The minimum absolute atomic E-state index is 0.212. The number of benzene rings is 1. The highest BCUT2D eigenvalue weighted by Gasteiger charge is 2.09. The van der Waals surface area contributed by atoms with Crippen LogP contribution in [0.4, 0.5) is 4.39 Å². The third kappa shape index (κ3) is 2.60. The normalized spacial score (nSPS) is 10.6. The summed E-state index contributed by atoms with van der Waals surface area (Å²) in [5, 5.41) is 0.824. The fraction of sp³-hybridized carbons (Fsp3) is 0.133. The van der Waals surface area contributed by atoms with Crippen LogP contribution in [0.1, 0.15) is 0 Å². The van der Waals surface area contributed by atoms with Crippen molar-refractivity contribution in [3.63, 3.8) is 0 Å². The third-order valence-electron chi connectivity index (χ3n) is 3.02. The van der Waals surface area contributed by atoms with E-state index in [0.717, 1.165) is 10.9 Å². The van der Waals surface area contributed by atoms with E-state index in [1.54, 1.807) is 18.3 Å². The van der Waals surface area contributed by atoms with Crippen LogP contribution < -0.4 is 9.47 Å². The number of aromatic nitrogens is 3. The minimum Gasteiger partial charge on any atom is -0.481 e. The number of nitrogens with zero attached hydrogens (tertiary/aromatic N) is 3. The third-order valence-corrected chi connectivity index (χ3v) is 3.02. The molecule has 0 saturated heterocycles. The van der Waals surface area contributed by atoms with Gasteiger partial charge in [0.25, 0.3) is 0 Å². The van der Waals surface area contributed by atoms with Crippen LogP contribution in [0, 0.1) is 5.82 Å². The number of fused-ring (bicyclic) bond motifs is 1. The molecule has 0 aliphatic heterocycles. The lowest BCUT2D eigenvalue weighted by Crippen LogP contribution is -1.97. The van der Waals surface area contributed by atoms with E-state index < -0.39 is 0 Å². The Kier molecular flexibility index (Phi) is 3.35. The Morgan fingerprint density at radius 2 is 1.86 bits per heavy atom.